The first-order valence-electron chi connectivity index (χ1n) is 8.75. The number of hydrogen-bond donors (Lipinski definition) is 1. The van der Waals surface area contributed by atoms with Crippen molar-refractivity contribution in [3.63, 3.8) is 0 Å². The highest BCUT2D eigenvalue weighted by molar-refractivity contribution is 6.30. The van der Waals surface area contributed by atoms with E-state index < -0.39 is 0 Å². The molecule has 6 nitrogen and oxygen atoms in total. The zero-order valence-corrected chi connectivity index (χ0v) is 15.8. The molecular weight excluding hydrogens is 342 g/mol. The maximum absolute atomic E-state index is 12.6. The van der Waals surface area contributed by atoms with Crippen molar-refractivity contribution in [3.8, 4) is 5.75 Å². The molecule has 2 saturated heterocycles. The van der Waals surface area contributed by atoms with Crippen molar-refractivity contribution in [2.24, 2.45) is 0 Å². The first kappa shape index (κ1) is 18.1. The van der Waals surface area contributed by atoms with Crippen molar-refractivity contribution in [1.82, 2.24) is 10.2 Å². The fraction of sp³-hybridized carbons (Fsp3) is 0.611. The van der Waals surface area contributed by atoms with Crippen LogP contribution in [0, 0.1) is 0 Å². The zero-order valence-electron chi connectivity index (χ0n) is 15.0. The highest BCUT2D eigenvalue weighted by Gasteiger charge is 2.30. The van der Waals surface area contributed by atoms with Gasteiger partial charge in [0, 0.05) is 37.2 Å². The second-order valence-electron chi connectivity index (χ2n) is 6.86. The third kappa shape index (κ3) is 4.30. The summed E-state index contributed by atoms with van der Waals surface area (Å²) in [5, 5.41) is 3.84. The number of morpholine rings is 1. The van der Waals surface area contributed by atoms with Crippen molar-refractivity contribution in [1.29, 1.82) is 0 Å². The number of urea groups is 1. The lowest BCUT2D eigenvalue weighted by molar-refractivity contribution is -0.0547. The van der Waals surface area contributed by atoms with E-state index in [4.69, 9.17) is 21.1 Å². The molecular formula is C18H26ClN3O3. The van der Waals surface area contributed by atoms with Crippen LogP contribution >= 0.6 is 11.6 Å². The molecule has 2 fully saturated rings. The summed E-state index contributed by atoms with van der Waals surface area (Å²) in [5.74, 6) is 0.798. The van der Waals surface area contributed by atoms with Crippen LogP contribution in [0.4, 0.5) is 10.5 Å². The molecule has 1 aromatic rings. The van der Waals surface area contributed by atoms with Crippen molar-refractivity contribution < 1.29 is 14.3 Å². The van der Waals surface area contributed by atoms with E-state index in [9.17, 15) is 4.79 Å². The van der Waals surface area contributed by atoms with E-state index in [-0.39, 0.29) is 24.3 Å². The van der Waals surface area contributed by atoms with Gasteiger partial charge in [-0.1, -0.05) is 11.6 Å². The summed E-state index contributed by atoms with van der Waals surface area (Å²) in [6, 6.07) is 5.72. The van der Waals surface area contributed by atoms with Gasteiger partial charge >= 0.3 is 6.03 Å². The van der Waals surface area contributed by atoms with Gasteiger partial charge in [-0.15, -0.1) is 0 Å². The molecule has 2 aliphatic heterocycles. The molecule has 2 aliphatic rings. The van der Waals surface area contributed by atoms with Gasteiger partial charge in [0.15, 0.2) is 0 Å². The number of anilines is 1. The maximum Gasteiger partial charge on any atom is 0.317 e. The molecule has 7 heteroatoms. The average Bonchev–Trinajstić information content (AvgIpc) is 3.02. The Bertz CT molecular complexity index is 618. The van der Waals surface area contributed by atoms with Gasteiger partial charge in [0.1, 0.15) is 5.75 Å². The molecule has 3 atom stereocenters. The Balaban J connectivity index is 1.60. The Labute approximate surface area is 154 Å². The number of carbonyl (C=O) groups excluding carboxylic acids is 1. The first-order valence-corrected chi connectivity index (χ1v) is 9.13. The normalized spacial score (nSPS) is 26.6. The van der Waals surface area contributed by atoms with Crippen LogP contribution in [0.1, 0.15) is 20.3 Å². The van der Waals surface area contributed by atoms with Crippen LogP contribution in [0.15, 0.2) is 18.2 Å². The minimum Gasteiger partial charge on any atom is -0.495 e. The van der Waals surface area contributed by atoms with E-state index in [2.05, 4.69) is 10.2 Å². The summed E-state index contributed by atoms with van der Waals surface area (Å²) >= 11 is 6.13. The average molecular weight is 368 g/mol. The topological polar surface area (TPSA) is 54.0 Å². The third-order valence-electron chi connectivity index (χ3n) is 4.70. The molecule has 0 aliphatic carbocycles. The number of nitrogens with zero attached hydrogens (tertiary/aromatic N) is 2. The largest absolute Gasteiger partial charge is 0.495 e. The Morgan fingerprint density at radius 1 is 1.28 bits per heavy atom. The van der Waals surface area contributed by atoms with Crippen LogP contribution in [-0.2, 0) is 4.74 Å². The number of ether oxygens (including phenoxy) is 2. The summed E-state index contributed by atoms with van der Waals surface area (Å²) in [5.41, 5.74) is 0.973. The second kappa shape index (κ2) is 7.70. The van der Waals surface area contributed by atoms with Gasteiger partial charge in [-0.3, -0.25) is 0 Å². The van der Waals surface area contributed by atoms with Gasteiger partial charge < -0.3 is 24.6 Å². The van der Waals surface area contributed by atoms with Crippen LogP contribution in [-0.4, -0.2) is 62.5 Å². The number of benzene rings is 1. The van der Waals surface area contributed by atoms with Crippen molar-refractivity contribution in [3.05, 3.63) is 23.2 Å². The lowest BCUT2D eigenvalue weighted by Gasteiger charge is -2.35. The standard InChI is InChI=1S/C18H26ClN3O3/c1-12-9-22(10-13(2)25-12)18(23)20-15-6-7-21(11-15)16-8-14(19)4-5-17(16)24-3/h4-5,8,12-13,15H,6-7,9-11H2,1-3H3,(H,20,23)/t12-,13+,15-/m1/s1. The number of carbonyl (C=O) groups is 1. The summed E-state index contributed by atoms with van der Waals surface area (Å²) in [6.45, 7) is 6.87. The number of halogens is 1. The van der Waals surface area contributed by atoms with Gasteiger partial charge in [0.2, 0.25) is 0 Å². The quantitative estimate of drug-likeness (QED) is 0.892. The molecule has 25 heavy (non-hydrogen) atoms. The minimum atomic E-state index is -0.00749. The molecule has 1 N–H and O–H groups in total. The van der Waals surface area contributed by atoms with Crippen molar-refractivity contribution >= 4 is 23.3 Å². The van der Waals surface area contributed by atoms with E-state index in [1.807, 2.05) is 36.9 Å². The van der Waals surface area contributed by atoms with Gasteiger partial charge in [-0.2, -0.15) is 0 Å². The van der Waals surface area contributed by atoms with E-state index in [0.717, 1.165) is 30.9 Å². The SMILES string of the molecule is COc1ccc(Cl)cc1N1CC[C@@H](NC(=O)N2C[C@@H](C)O[C@@H](C)C2)C1. The molecule has 0 saturated carbocycles. The molecule has 138 valence electrons. The molecule has 0 unspecified atom stereocenters. The molecule has 0 spiro atoms. The monoisotopic (exact) mass is 367 g/mol. The fourth-order valence-electron chi connectivity index (χ4n) is 3.62. The molecule has 1 aromatic carbocycles. The Morgan fingerprint density at radius 3 is 2.68 bits per heavy atom. The summed E-state index contributed by atoms with van der Waals surface area (Å²) in [4.78, 5) is 16.6. The molecule has 3 rings (SSSR count). The number of rotatable bonds is 3. The maximum atomic E-state index is 12.6. The highest BCUT2D eigenvalue weighted by Crippen LogP contribution is 2.33. The predicted octanol–water partition coefficient (Wildman–Crippen LogP) is 2.75. The molecule has 0 bridgehead atoms. The number of methoxy groups -OCH3 is 1. The summed E-state index contributed by atoms with van der Waals surface area (Å²) < 4.78 is 11.1. The minimum absolute atomic E-state index is 0.00749. The molecule has 0 radical (unpaired) electrons. The van der Waals surface area contributed by atoms with E-state index in [1.54, 1.807) is 7.11 Å². The lowest BCUT2D eigenvalue weighted by Crippen LogP contribution is -2.53. The van der Waals surface area contributed by atoms with Crippen LogP contribution in [0.5, 0.6) is 5.75 Å². The number of amides is 2. The number of nitrogens with one attached hydrogen (secondary N) is 1. The Hall–Kier alpha value is -1.66. The highest BCUT2D eigenvalue weighted by atomic mass is 35.5. The molecule has 2 heterocycles. The second-order valence-corrected chi connectivity index (χ2v) is 7.30. The van der Waals surface area contributed by atoms with E-state index in [1.165, 1.54) is 0 Å². The van der Waals surface area contributed by atoms with Crippen LogP contribution in [0.3, 0.4) is 0 Å². The molecule has 0 aromatic heterocycles. The lowest BCUT2D eigenvalue weighted by atomic mass is 10.2. The Kier molecular flexibility index (Phi) is 5.59. The van der Waals surface area contributed by atoms with Crippen molar-refractivity contribution in [2.75, 3.05) is 38.2 Å². The van der Waals surface area contributed by atoms with Gasteiger partial charge in [0.25, 0.3) is 0 Å². The summed E-state index contributed by atoms with van der Waals surface area (Å²) in [7, 11) is 1.66. The smallest absolute Gasteiger partial charge is 0.317 e. The number of hydrogen-bond acceptors (Lipinski definition) is 4. The van der Waals surface area contributed by atoms with Crippen LogP contribution in [0.2, 0.25) is 5.02 Å². The fourth-order valence-corrected chi connectivity index (χ4v) is 3.78. The predicted molar refractivity (Wildman–Crippen MR) is 98.7 cm³/mol. The van der Waals surface area contributed by atoms with Gasteiger partial charge in [-0.05, 0) is 38.5 Å². The Morgan fingerprint density at radius 2 is 2.00 bits per heavy atom. The van der Waals surface area contributed by atoms with Crippen LogP contribution < -0.4 is 15.0 Å². The van der Waals surface area contributed by atoms with Crippen molar-refractivity contribution in [2.45, 2.75) is 38.5 Å². The molecule has 2 amide bonds. The van der Waals surface area contributed by atoms with Crippen LogP contribution in [0.25, 0.3) is 0 Å². The van der Waals surface area contributed by atoms with Gasteiger partial charge in [-0.25, -0.2) is 4.79 Å². The zero-order chi connectivity index (χ0) is 18.0. The first-order chi connectivity index (χ1) is 12.0. The van der Waals surface area contributed by atoms with Gasteiger partial charge in [0.05, 0.1) is 25.0 Å². The third-order valence-corrected chi connectivity index (χ3v) is 4.94. The van der Waals surface area contributed by atoms with E-state index in [0.29, 0.717) is 18.1 Å². The summed E-state index contributed by atoms with van der Waals surface area (Å²) in [6.07, 6.45) is 1.05. The van der Waals surface area contributed by atoms with E-state index >= 15 is 0 Å².